The number of pyridine rings is 1. The van der Waals surface area contributed by atoms with Gasteiger partial charge in [0.1, 0.15) is 5.75 Å². The van der Waals surface area contributed by atoms with Crippen LogP contribution in [0, 0.1) is 5.92 Å². The second-order valence-corrected chi connectivity index (χ2v) is 5.08. The van der Waals surface area contributed by atoms with E-state index < -0.39 is 0 Å². The summed E-state index contributed by atoms with van der Waals surface area (Å²) in [7, 11) is 0. The zero-order valence-electron chi connectivity index (χ0n) is 10.8. The van der Waals surface area contributed by atoms with E-state index in [1.807, 2.05) is 24.3 Å². The first-order chi connectivity index (χ1) is 9.33. The highest BCUT2D eigenvalue weighted by molar-refractivity contribution is 5.82. The molecular formula is C15H18N2O2. The molecule has 0 radical (unpaired) electrons. The summed E-state index contributed by atoms with van der Waals surface area (Å²) in [6.45, 7) is 2.89. The molecule has 1 aromatic heterocycles. The molecule has 2 N–H and O–H groups in total. The van der Waals surface area contributed by atoms with Crippen LogP contribution in [-0.4, -0.2) is 24.7 Å². The number of hydrogen-bond acceptors (Lipinski definition) is 3. The molecule has 19 heavy (non-hydrogen) atoms. The molecule has 1 atom stereocenters. The third kappa shape index (κ3) is 2.79. The molecule has 100 valence electrons. The predicted octanol–water partition coefficient (Wildman–Crippen LogP) is 1.91. The Hall–Kier alpha value is -1.81. The van der Waals surface area contributed by atoms with Crippen LogP contribution in [0.25, 0.3) is 10.8 Å². The van der Waals surface area contributed by atoms with E-state index in [0.29, 0.717) is 11.3 Å². The Morgan fingerprint density at radius 1 is 1.32 bits per heavy atom. The van der Waals surface area contributed by atoms with Gasteiger partial charge in [0.25, 0.3) is 5.56 Å². The van der Waals surface area contributed by atoms with Gasteiger partial charge in [-0.3, -0.25) is 4.79 Å². The minimum Gasteiger partial charge on any atom is -0.493 e. The average molecular weight is 258 g/mol. The van der Waals surface area contributed by atoms with Crippen molar-refractivity contribution in [2.75, 3.05) is 19.7 Å². The zero-order chi connectivity index (χ0) is 13.1. The number of aromatic nitrogens is 1. The fourth-order valence-corrected chi connectivity index (χ4v) is 2.54. The van der Waals surface area contributed by atoms with Crippen LogP contribution < -0.4 is 15.6 Å². The molecule has 1 fully saturated rings. The highest BCUT2D eigenvalue weighted by Crippen LogP contribution is 2.19. The van der Waals surface area contributed by atoms with Gasteiger partial charge in [0.2, 0.25) is 0 Å². The Morgan fingerprint density at radius 3 is 3.11 bits per heavy atom. The van der Waals surface area contributed by atoms with Crippen molar-refractivity contribution in [2.24, 2.45) is 5.92 Å². The molecule has 3 rings (SSSR count). The second kappa shape index (κ2) is 5.45. The molecule has 1 aromatic carbocycles. The maximum atomic E-state index is 11.6. The number of rotatable bonds is 3. The summed E-state index contributed by atoms with van der Waals surface area (Å²) in [5, 5.41) is 5.01. The Bertz CT molecular complexity index is 615. The Balaban J connectivity index is 1.72. The third-order valence-corrected chi connectivity index (χ3v) is 3.63. The van der Waals surface area contributed by atoms with E-state index in [9.17, 15) is 4.79 Å². The number of hydrogen-bond donors (Lipinski definition) is 2. The SMILES string of the molecule is O=c1[nH]ccc2cc(OC[C@@H]3CCCNC3)ccc12. The summed E-state index contributed by atoms with van der Waals surface area (Å²) in [6.07, 6.45) is 4.11. The van der Waals surface area contributed by atoms with Gasteiger partial charge in [0, 0.05) is 24.0 Å². The molecule has 0 aliphatic carbocycles. The first-order valence-corrected chi connectivity index (χ1v) is 6.78. The lowest BCUT2D eigenvalue weighted by atomic mass is 10.0. The van der Waals surface area contributed by atoms with Gasteiger partial charge in [-0.15, -0.1) is 0 Å². The minimum absolute atomic E-state index is 0.0551. The molecule has 0 spiro atoms. The lowest BCUT2D eigenvalue weighted by Gasteiger charge is -2.22. The van der Waals surface area contributed by atoms with E-state index in [1.165, 1.54) is 12.8 Å². The number of H-pyrrole nitrogens is 1. The van der Waals surface area contributed by atoms with Crippen molar-refractivity contribution < 1.29 is 4.74 Å². The largest absolute Gasteiger partial charge is 0.493 e. The summed E-state index contributed by atoms with van der Waals surface area (Å²) < 4.78 is 5.84. The van der Waals surface area contributed by atoms with Crippen LogP contribution in [0.2, 0.25) is 0 Å². The molecule has 4 nitrogen and oxygen atoms in total. The van der Waals surface area contributed by atoms with E-state index in [0.717, 1.165) is 30.8 Å². The lowest BCUT2D eigenvalue weighted by Crippen LogP contribution is -2.33. The van der Waals surface area contributed by atoms with Crippen LogP contribution in [0.15, 0.2) is 35.3 Å². The van der Waals surface area contributed by atoms with Gasteiger partial charge in [-0.25, -0.2) is 0 Å². The molecular weight excluding hydrogens is 240 g/mol. The van der Waals surface area contributed by atoms with Crippen molar-refractivity contribution in [2.45, 2.75) is 12.8 Å². The third-order valence-electron chi connectivity index (χ3n) is 3.63. The van der Waals surface area contributed by atoms with Gasteiger partial charge in [-0.05, 0) is 49.0 Å². The normalized spacial score (nSPS) is 19.5. The van der Waals surface area contributed by atoms with E-state index in [4.69, 9.17) is 4.74 Å². The number of piperidine rings is 1. The van der Waals surface area contributed by atoms with Gasteiger partial charge < -0.3 is 15.0 Å². The fraction of sp³-hybridized carbons (Fsp3) is 0.400. The maximum Gasteiger partial charge on any atom is 0.255 e. The molecule has 1 saturated heterocycles. The minimum atomic E-state index is -0.0551. The maximum absolute atomic E-state index is 11.6. The average Bonchev–Trinajstić information content (AvgIpc) is 2.46. The first kappa shape index (κ1) is 12.2. The molecule has 4 heteroatoms. The van der Waals surface area contributed by atoms with Gasteiger partial charge >= 0.3 is 0 Å². The highest BCUT2D eigenvalue weighted by atomic mass is 16.5. The molecule has 2 heterocycles. The quantitative estimate of drug-likeness (QED) is 0.884. The standard InChI is InChI=1S/C15H18N2O2/c18-15-14-4-3-13(8-12(14)5-7-17-15)19-10-11-2-1-6-16-9-11/h3-5,7-8,11,16H,1-2,6,9-10H2,(H,17,18)/t11-/m1/s1. The smallest absolute Gasteiger partial charge is 0.255 e. The summed E-state index contributed by atoms with van der Waals surface area (Å²) in [5.41, 5.74) is -0.0551. The number of ether oxygens (including phenoxy) is 1. The second-order valence-electron chi connectivity index (χ2n) is 5.08. The van der Waals surface area contributed by atoms with Crippen molar-refractivity contribution >= 4 is 10.8 Å². The Labute approximate surface area is 111 Å². The van der Waals surface area contributed by atoms with Crippen LogP contribution in [0.5, 0.6) is 5.75 Å². The summed E-state index contributed by atoms with van der Waals surface area (Å²) in [6, 6.07) is 7.52. The monoisotopic (exact) mass is 258 g/mol. The van der Waals surface area contributed by atoms with E-state index in [1.54, 1.807) is 6.20 Å². The van der Waals surface area contributed by atoms with Gasteiger partial charge in [-0.2, -0.15) is 0 Å². The van der Waals surface area contributed by atoms with Crippen molar-refractivity contribution in [1.29, 1.82) is 0 Å². The van der Waals surface area contributed by atoms with Crippen LogP contribution >= 0.6 is 0 Å². The predicted molar refractivity (Wildman–Crippen MR) is 75.7 cm³/mol. The molecule has 1 aliphatic heterocycles. The van der Waals surface area contributed by atoms with Crippen molar-refractivity contribution in [3.63, 3.8) is 0 Å². The fourth-order valence-electron chi connectivity index (χ4n) is 2.54. The number of benzene rings is 1. The Morgan fingerprint density at radius 2 is 2.26 bits per heavy atom. The molecule has 0 unspecified atom stereocenters. The molecule has 0 amide bonds. The molecule has 0 saturated carbocycles. The van der Waals surface area contributed by atoms with Gasteiger partial charge in [0.15, 0.2) is 0 Å². The van der Waals surface area contributed by atoms with Crippen LogP contribution in [0.1, 0.15) is 12.8 Å². The highest BCUT2D eigenvalue weighted by Gasteiger charge is 2.13. The number of nitrogens with one attached hydrogen (secondary N) is 2. The van der Waals surface area contributed by atoms with Crippen LogP contribution in [0.3, 0.4) is 0 Å². The summed E-state index contributed by atoms with van der Waals surface area (Å²) >= 11 is 0. The van der Waals surface area contributed by atoms with Crippen molar-refractivity contribution in [3.8, 4) is 5.75 Å². The molecule has 0 bridgehead atoms. The van der Waals surface area contributed by atoms with Crippen LogP contribution in [0.4, 0.5) is 0 Å². The number of fused-ring (bicyclic) bond motifs is 1. The molecule has 1 aliphatic rings. The van der Waals surface area contributed by atoms with Crippen molar-refractivity contribution in [3.05, 3.63) is 40.8 Å². The van der Waals surface area contributed by atoms with Gasteiger partial charge in [-0.1, -0.05) is 0 Å². The zero-order valence-corrected chi connectivity index (χ0v) is 10.8. The van der Waals surface area contributed by atoms with E-state index in [-0.39, 0.29) is 5.56 Å². The molecule has 2 aromatic rings. The van der Waals surface area contributed by atoms with Gasteiger partial charge in [0.05, 0.1) is 6.61 Å². The van der Waals surface area contributed by atoms with E-state index in [2.05, 4.69) is 10.3 Å². The summed E-state index contributed by atoms with van der Waals surface area (Å²) in [4.78, 5) is 14.3. The van der Waals surface area contributed by atoms with Crippen molar-refractivity contribution in [1.82, 2.24) is 10.3 Å². The van der Waals surface area contributed by atoms with E-state index >= 15 is 0 Å². The Kier molecular flexibility index (Phi) is 3.51. The lowest BCUT2D eigenvalue weighted by molar-refractivity contribution is 0.218. The first-order valence-electron chi connectivity index (χ1n) is 6.78. The summed E-state index contributed by atoms with van der Waals surface area (Å²) in [5.74, 6) is 1.42. The number of aromatic amines is 1. The topological polar surface area (TPSA) is 54.1 Å². The van der Waals surface area contributed by atoms with Crippen LogP contribution in [-0.2, 0) is 0 Å².